The Balaban J connectivity index is 2.28. The lowest BCUT2D eigenvalue weighted by atomic mass is 10.1. The number of halogens is 6. The van der Waals surface area contributed by atoms with Crippen LogP contribution in [-0.2, 0) is 28.4 Å². The van der Waals surface area contributed by atoms with Crippen molar-refractivity contribution in [1.82, 2.24) is 9.88 Å². The lowest BCUT2D eigenvalue weighted by Crippen LogP contribution is -2.36. The molecule has 188 valence electrons. The number of anilines is 1. The highest BCUT2D eigenvalue weighted by Gasteiger charge is 2.37. The fraction of sp³-hybridized carbons (Fsp3) is 0.450. The molecule has 0 radical (unpaired) electrons. The van der Waals surface area contributed by atoms with Crippen LogP contribution < -0.4 is 5.32 Å². The van der Waals surface area contributed by atoms with E-state index in [-0.39, 0.29) is 37.3 Å². The molecule has 0 aliphatic carbocycles. The van der Waals surface area contributed by atoms with Crippen LogP contribution in [0.5, 0.6) is 0 Å². The van der Waals surface area contributed by atoms with Crippen molar-refractivity contribution in [2.45, 2.75) is 32.2 Å². The van der Waals surface area contributed by atoms with Gasteiger partial charge in [-0.25, -0.2) is 14.6 Å². The number of carbonyl (C=O) groups is 2. The summed E-state index contributed by atoms with van der Waals surface area (Å²) < 4.78 is 93.3. The molecule has 0 spiro atoms. The minimum Gasteiger partial charge on any atom is -0.464 e. The molecular formula is C20H21F6N3O5. The van der Waals surface area contributed by atoms with Crippen molar-refractivity contribution < 1.29 is 49.8 Å². The predicted octanol–water partition coefficient (Wildman–Crippen LogP) is 4.96. The van der Waals surface area contributed by atoms with E-state index >= 15 is 0 Å². The molecule has 0 saturated heterocycles. The maximum absolute atomic E-state index is 13.1. The van der Waals surface area contributed by atoms with Gasteiger partial charge < -0.3 is 24.1 Å². The van der Waals surface area contributed by atoms with Crippen LogP contribution in [0.4, 0.5) is 36.8 Å². The number of hydrogen-bond donors (Lipinski definition) is 1. The highest BCUT2D eigenvalue weighted by atomic mass is 19.4. The van der Waals surface area contributed by atoms with Gasteiger partial charge in [0.05, 0.1) is 24.8 Å². The minimum atomic E-state index is -5.07. The molecule has 0 fully saturated rings. The molecule has 8 nitrogen and oxygen atoms in total. The van der Waals surface area contributed by atoms with Gasteiger partial charge in [-0.1, -0.05) is 0 Å². The molecule has 1 aromatic carbocycles. The van der Waals surface area contributed by atoms with Crippen molar-refractivity contribution in [2.24, 2.45) is 0 Å². The average Bonchev–Trinajstić information content (AvgIpc) is 3.22. The molecule has 2 rings (SSSR count). The minimum absolute atomic E-state index is 0.00708. The van der Waals surface area contributed by atoms with E-state index < -0.39 is 41.2 Å². The molecular weight excluding hydrogens is 476 g/mol. The summed E-state index contributed by atoms with van der Waals surface area (Å²) in [6.45, 7) is 2.05. The smallest absolute Gasteiger partial charge is 0.416 e. The van der Waals surface area contributed by atoms with E-state index in [1.54, 1.807) is 6.92 Å². The van der Waals surface area contributed by atoms with Gasteiger partial charge in [0.2, 0.25) is 5.89 Å². The molecule has 14 heteroatoms. The van der Waals surface area contributed by atoms with Crippen molar-refractivity contribution in [3.8, 4) is 0 Å². The van der Waals surface area contributed by atoms with E-state index in [1.165, 1.54) is 0 Å². The lowest BCUT2D eigenvalue weighted by Gasteiger charge is -2.22. The fourth-order valence-electron chi connectivity index (χ4n) is 2.73. The molecule has 2 aromatic rings. The summed E-state index contributed by atoms with van der Waals surface area (Å²) in [5, 5.41) is 2.05. The number of hydrogen-bond acceptors (Lipinski definition) is 6. The number of aromatic nitrogens is 1. The van der Waals surface area contributed by atoms with Crippen LogP contribution in [0, 0.1) is 0 Å². The second-order valence-electron chi connectivity index (χ2n) is 6.81. The zero-order chi connectivity index (χ0) is 25.5. The Morgan fingerprint density at radius 3 is 2.24 bits per heavy atom. The van der Waals surface area contributed by atoms with Gasteiger partial charge in [0, 0.05) is 25.4 Å². The first kappa shape index (κ1) is 27.0. The van der Waals surface area contributed by atoms with Crippen molar-refractivity contribution in [3.63, 3.8) is 0 Å². The summed E-state index contributed by atoms with van der Waals surface area (Å²) in [5.41, 5.74) is -4.03. The molecule has 0 aliphatic heterocycles. The zero-order valence-electron chi connectivity index (χ0n) is 18.0. The molecule has 0 bridgehead atoms. The maximum atomic E-state index is 13.1. The first-order chi connectivity index (χ1) is 15.8. The van der Waals surface area contributed by atoms with Gasteiger partial charge in [0.1, 0.15) is 6.26 Å². The summed E-state index contributed by atoms with van der Waals surface area (Å²) in [6, 6.07) is -0.268. The summed E-state index contributed by atoms with van der Waals surface area (Å²) >= 11 is 0. The largest absolute Gasteiger partial charge is 0.464 e. The van der Waals surface area contributed by atoms with Crippen molar-refractivity contribution in [2.75, 3.05) is 32.2 Å². The van der Waals surface area contributed by atoms with E-state index in [0.29, 0.717) is 25.2 Å². The number of oxazole rings is 1. The Labute approximate surface area is 189 Å². The van der Waals surface area contributed by atoms with Gasteiger partial charge in [-0.15, -0.1) is 0 Å². The van der Waals surface area contributed by atoms with Crippen LogP contribution in [0.1, 0.15) is 40.9 Å². The SMILES string of the molecule is CCOCCCN(Cc1nc(C(=O)OC)co1)C(=O)Nc1cc(C(F)(F)F)cc(C(F)(F)F)c1. The number of urea groups is 1. The van der Waals surface area contributed by atoms with Crippen LogP contribution in [0.15, 0.2) is 28.9 Å². The number of alkyl halides is 6. The molecule has 1 heterocycles. The first-order valence-corrected chi connectivity index (χ1v) is 9.81. The van der Waals surface area contributed by atoms with Gasteiger partial charge >= 0.3 is 24.4 Å². The van der Waals surface area contributed by atoms with Gasteiger partial charge in [0.15, 0.2) is 5.69 Å². The van der Waals surface area contributed by atoms with Gasteiger partial charge in [-0.05, 0) is 31.5 Å². The van der Waals surface area contributed by atoms with E-state index in [2.05, 4.69) is 15.0 Å². The van der Waals surface area contributed by atoms with Gasteiger partial charge in [-0.2, -0.15) is 26.3 Å². The number of amides is 2. The molecule has 0 saturated carbocycles. The Bertz CT molecular complexity index is 958. The summed E-state index contributed by atoms with van der Waals surface area (Å²) in [5.74, 6) is -0.905. The number of methoxy groups -OCH3 is 1. The van der Waals surface area contributed by atoms with Gasteiger partial charge in [-0.3, -0.25) is 0 Å². The van der Waals surface area contributed by atoms with Crippen LogP contribution in [0.2, 0.25) is 0 Å². The monoisotopic (exact) mass is 497 g/mol. The number of carbonyl (C=O) groups excluding carboxylic acids is 2. The Hall–Kier alpha value is -3.29. The first-order valence-electron chi connectivity index (χ1n) is 9.81. The van der Waals surface area contributed by atoms with Crippen LogP contribution in [0.25, 0.3) is 0 Å². The third kappa shape index (κ3) is 7.64. The Kier molecular flexibility index (Phi) is 8.90. The average molecular weight is 497 g/mol. The molecule has 1 aromatic heterocycles. The highest BCUT2D eigenvalue weighted by molar-refractivity contribution is 5.89. The molecule has 0 aliphatic rings. The van der Waals surface area contributed by atoms with Crippen LogP contribution in [0.3, 0.4) is 0 Å². The maximum Gasteiger partial charge on any atom is 0.416 e. The Morgan fingerprint density at radius 1 is 1.09 bits per heavy atom. The summed E-state index contributed by atoms with van der Waals surface area (Å²) in [6.07, 6.45) is -8.86. The quantitative estimate of drug-likeness (QED) is 0.299. The number of rotatable bonds is 9. The van der Waals surface area contributed by atoms with E-state index in [4.69, 9.17) is 9.15 Å². The number of esters is 1. The lowest BCUT2D eigenvalue weighted by molar-refractivity contribution is -0.143. The second kappa shape index (κ2) is 11.2. The number of nitrogens with one attached hydrogen (secondary N) is 1. The molecule has 0 atom stereocenters. The van der Waals surface area contributed by atoms with Crippen LogP contribution >= 0.6 is 0 Å². The van der Waals surface area contributed by atoms with E-state index in [9.17, 15) is 35.9 Å². The summed E-state index contributed by atoms with van der Waals surface area (Å²) in [7, 11) is 1.12. The highest BCUT2D eigenvalue weighted by Crippen LogP contribution is 2.37. The van der Waals surface area contributed by atoms with Gasteiger partial charge in [0.25, 0.3) is 0 Å². The van der Waals surface area contributed by atoms with Crippen LogP contribution in [-0.4, -0.2) is 48.8 Å². The summed E-state index contributed by atoms with van der Waals surface area (Å²) in [4.78, 5) is 29.2. The molecule has 34 heavy (non-hydrogen) atoms. The fourth-order valence-corrected chi connectivity index (χ4v) is 2.73. The van der Waals surface area contributed by atoms with E-state index in [0.717, 1.165) is 18.3 Å². The molecule has 2 amide bonds. The normalized spacial score (nSPS) is 11.9. The topological polar surface area (TPSA) is 93.9 Å². The van der Waals surface area contributed by atoms with Crippen molar-refractivity contribution in [3.05, 3.63) is 47.2 Å². The number of nitrogens with zero attached hydrogens (tertiary/aromatic N) is 2. The predicted molar refractivity (Wildman–Crippen MR) is 105 cm³/mol. The standard InChI is InChI=1S/C20H21F6N3O5/c1-3-33-6-4-5-29(10-16-28-15(11-34-16)17(30)32-2)18(31)27-14-8-12(19(21,22)23)7-13(9-14)20(24,25)26/h7-9,11H,3-6,10H2,1-2H3,(H,27,31). The Morgan fingerprint density at radius 2 is 1.71 bits per heavy atom. The van der Waals surface area contributed by atoms with Crippen molar-refractivity contribution >= 4 is 17.7 Å². The molecule has 1 N–H and O–H groups in total. The molecule has 0 unspecified atom stereocenters. The van der Waals surface area contributed by atoms with E-state index in [1.807, 2.05) is 0 Å². The zero-order valence-corrected chi connectivity index (χ0v) is 18.0. The van der Waals surface area contributed by atoms with Crippen molar-refractivity contribution in [1.29, 1.82) is 0 Å². The third-order valence-corrected chi connectivity index (χ3v) is 4.32. The second-order valence-corrected chi connectivity index (χ2v) is 6.81. The third-order valence-electron chi connectivity index (χ3n) is 4.32. The number of ether oxygens (including phenoxy) is 2. The number of benzene rings is 1.